The van der Waals surface area contributed by atoms with Gasteiger partial charge in [-0.1, -0.05) is 36.4 Å². The molecule has 1 aliphatic heterocycles. The highest BCUT2D eigenvalue weighted by Crippen LogP contribution is 2.40. The third-order valence-corrected chi connectivity index (χ3v) is 5.96. The Morgan fingerprint density at radius 3 is 2.42 bits per heavy atom. The summed E-state index contributed by atoms with van der Waals surface area (Å²) < 4.78 is 2.15. The molecule has 154 valence electrons. The fraction of sp³-hybridized carbons (Fsp3) is 0.120. The third kappa shape index (κ3) is 3.78. The van der Waals surface area contributed by atoms with Crippen LogP contribution in [0.15, 0.2) is 97.3 Å². The molecule has 2 aromatic heterocycles. The molecule has 1 aliphatic rings. The monoisotopic (exact) mass is 426 g/mol. The predicted molar refractivity (Wildman–Crippen MR) is 125 cm³/mol. The lowest BCUT2D eigenvalue weighted by Gasteiger charge is -2.29. The van der Waals surface area contributed by atoms with Crippen LogP contribution >= 0.6 is 12.2 Å². The predicted octanol–water partition coefficient (Wildman–Crippen LogP) is 4.75. The van der Waals surface area contributed by atoms with Gasteiger partial charge in [-0.05, 0) is 66.3 Å². The van der Waals surface area contributed by atoms with Crippen LogP contribution in [0.5, 0.6) is 5.75 Å². The molecule has 0 saturated carbocycles. The Hall–Kier alpha value is -3.64. The van der Waals surface area contributed by atoms with E-state index in [1.54, 1.807) is 12.1 Å². The number of nitrogens with zero attached hydrogens (tertiary/aromatic N) is 3. The van der Waals surface area contributed by atoms with Crippen molar-refractivity contribution < 1.29 is 5.11 Å². The highest BCUT2D eigenvalue weighted by atomic mass is 32.1. The lowest BCUT2D eigenvalue weighted by molar-refractivity contribution is 0.302. The molecule has 31 heavy (non-hydrogen) atoms. The number of thiocarbonyl (C=S) groups is 1. The number of benzene rings is 2. The molecule has 2 N–H and O–H groups in total. The van der Waals surface area contributed by atoms with E-state index in [4.69, 9.17) is 12.2 Å². The molecule has 2 aromatic carbocycles. The van der Waals surface area contributed by atoms with Crippen LogP contribution in [-0.2, 0) is 6.54 Å². The van der Waals surface area contributed by atoms with Crippen LogP contribution in [0, 0.1) is 0 Å². The summed E-state index contributed by atoms with van der Waals surface area (Å²) >= 11 is 5.79. The van der Waals surface area contributed by atoms with Crippen molar-refractivity contribution in [3.05, 3.63) is 114 Å². The first-order valence-electron chi connectivity index (χ1n) is 10.2. The largest absolute Gasteiger partial charge is 0.508 e. The summed E-state index contributed by atoms with van der Waals surface area (Å²) in [5, 5.41) is 13.9. The van der Waals surface area contributed by atoms with E-state index < -0.39 is 0 Å². The Labute approximate surface area is 186 Å². The van der Waals surface area contributed by atoms with Crippen LogP contribution in [-0.4, -0.2) is 24.7 Å². The van der Waals surface area contributed by atoms with Crippen LogP contribution in [0.1, 0.15) is 29.0 Å². The summed E-state index contributed by atoms with van der Waals surface area (Å²) in [6.07, 6.45) is 3.86. The molecule has 0 aliphatic carbocycles. The first-order chi connectivity index (χ1) is 15.2. The van der Waals surface area contributed by atoms with Crippen LogP contribution in [0.2, 0.25) is 0 Å². The molecule has 0 amide bonds. The Morgan fingerprint density at radius 2 is 1.68 bits per heavy atom. The van der Waals surface area contributed by atoms with Crippen molar-refractivity contribution in [1.29, 1.82) is 0 Å². The first-order valence-corrected chi connectivity index (χ1v) is 10.6. The molecule has 1 saturated heterocycles. The molecule has 0 unspecified atom stereocenters. The third-order valence-electron chi connectivity index (χ3n) is 5.60. The lowest BCUT2D eigenvalue weighted by Crippen LogP contribution is -2.30. The molecule has 5 rings (SSSR count). The van der Waals surface area contributed by atoms with Gasteiger partial charge >= 0.3 is 0 Å². The molecule has 1 fully saturated rings. The van der Waals surface area contributed by atoms with E-state index >= 15 is 0 Å². The maximum absolute atomic E-state index is 9.71. The Kier molecular flexibility index (Phi) is 5.14. The van der Waals surface area contributed by atoms with Gasteiger partial charge < -0.3 is 19.9 Å². The number of rotatable bonds is 5. The quantitative estimate of drug-likeness (QED) is 0.451. The number of phenols is 1. The fourth-order valence-corrected chi connectivity index (χ4v) is 4.47. The van der Waals surface area contributed by atoms with Crippen molar-refractivity contribution in [1.82, 2.24) is 19.8 Å². The molecule has 5 nitrogen and oxygen atoms in total. The number of aromatic nitrogens is 2. The van der Waals surface area contributed by atoms with Crippen LogP contribution in [0.3, 0.4) is 0 Å². The average molecular weight is 427 g/mol. The highest BCUT2D eigenvalue weighted by Gasteiger charge is 2.41. The van der Waals surface area contributed by atoms with Crippen molar-refractivity contribution in [3.63, 3.8) is 0 Å². The van der Waals surface area contributed by atoms with Gasteiger partial charge in [0.15, 0.2) is 5.11 Å². The van der Waals surface area contributed by atoms with E-state index in [0.29, 0.717) is 11.7 Å². The van der Waals surface area contributed by atoms with Gasteiger partial charge in [0.05, 0.1) is 17.8 Å². The standard InChI is InChI=1S/C25H22N4OS/c30-20-13-11-19(12-14-20)28-16-6-10-22(28)24-23(21-9-4-5-15-26-21)27-25(31)29(24)17-18-7-2-1-3-8-18/h1-16,23-24,30H,17H2,(H,27,31)/t23-,24-/m0/s1. The van der Waals surface area contributed by atoms with Crippen molar-refractivity contribution in [3.8, 4) is 11.4 Å². The zero-order valence-corrected chi connectivity index (χ0v) is 17.6. The molecule has 0 bridgehead atoms. The summed E-state index contributed by atoms with van der Waals surface area (Å²) in [4.78, 5) is 6.85. The summed E-state index contributed by atoms with van der Waals surface area (Å²) in [6, 6.07) is 27.6. The van der Waals surface area contributed by atoms with Gasteiger partial charge in [-0.3, -0.25) is 4.98 Å². The second kappa shape index (κ2) is 8.24. The van der Waals surface area contributed by atoms with Gasteiger partial charge in [0.1, 0.15) is 5.75 Å². The van der Waals surface area contributed by atoms with Crippen LogP contribution in [0.25, 0.3) is 5.69 Å². The Bertz CT molecular complexity index is 1180. The number of pyridine rings is 1. The number of phenolic OH excluding ortho intramolecular Hbond substituents is 1. The molecule has 0 radical (unpaired) electrons. The molecule has 0 spiro atoms. The minimum Gasteiger partial charge on any atom is -0.508 e. The van der Waals surface area contributed by atoms with E-state index in [1.165, 1.54) is 5.56 Å². The van der Waals surface area contributed by atoms with E-state index in [2.05, 4.69) is 38.0 Å². The summed E-state index contributed by atoms with van der Waals surface area (Å²) in [6.45, 7) is 0.696. The van der Waals surface area contributed by atoms with Crippen molar-refractivity contribution in [2.75, 3.05) is 0 Å². The fourth-order valence-electron chi connectivity index (χ4n) is 4.16. The number of hydrogen-bond acceptors (Lipinski definition) is 3. The van der Waals surface area contributed by atoms with Gasteiger partial charge in [-0.2, -0.15) is 0 Å². The van der Waals surface area contributed by atoms with Crippen molar-refractivity contribution >= 4 is 17.3 Å². The molecule has 4 aromatic rings. The highest BCUT2D eigenvalue weighted by molar-refractivity contribution is 7.80. The molecule has 6 heteroatoms. The average Bonchev–Trinajstić information content (AvgIpc) is 3.40. The number of aromatic hydroxyl groups is 1. The number of hydrogen-bond donors (Lipinski definition) is 2. The van der Waals surface area contributed by atoms with E-state index in [-0.39, 0.29) is 17.8 Å². The summed E-state index contributed by atoms with van der Waals surface area (Å²) in [5.74, 6) is 0.248. The Balaban J connectivity index is 1.60. The smallest absolute Gasteiger partial charge is 0.170 e. The summed E-state index contributed by atoms with van der Waals surface area (Å²) in [5.41, 5.74) is 4.23. The molecule has 3 heterocycles. The topological polar surface area (TPSA) is 53.3 Å². The van der Waals surface area contributed by atoms with Gasteiger partial charge in [0.25, 0.3) is 0 Å². The van der Waals surface area contributed by atoms with Gasteiger partial charge in [-0.25, -0.2) is 0 Å². The van der Waals surface area contributed by atoms with Crippen molar-refractivity contribution in [2.45, 2.75) is 18.6 Å². The molecule has 2 atom stereocenters. The lowest BCUT2D eigenvalue weighted by atomic mass is 10.0. The molecular weight excluding hydrogens is 404 g/mol. The van der Waals surface area contributed by atoms with E-state index in [0.717, 1.165) is 17.1 Å². The zero-order chi connectivity index (χ0) is 21.2. The number of nitrogens with one attached hydrogen (secondary N) is 1. The van der Waals surface area contributed by atoms with E-state index in [9.17, 15) is 5.11 Å². The van der Waals surface area contributed by atoms with E-state index in [1.807, 2.05) is 67.0 Å². The minimum atomic E-state index is -0.0804. The van der Waals surface area contributed by atoms with Gasteiger partial charge in [0.2, 0.25) is 0 Å². The Morgan fingerprint density at radius 1 is 0.903 bits per heavy atom. The van der Waals surface area contributed by atoms with Gasteiger partial charge in [-0.15, -0.1) is 0 Å². The van der Waals surface area contributed by atoms with Gasteiger partial charge in [0, 0.05) is 30.3 Å². The van der Waals surface area contributed by atoms with Crippen LogP contribution in [0.4, 0.5) is 0 Å². The first kappa shape index (κ1) is 19.3. The maximum Gasteiger partial charge on any atom is 0.170 e. The second-order valence-corrected chi connectivity index (χ2v) is 7.95. The molecular formula is C25H22N4OS. The normalized spacial score (nSPS) is 18.2. The SMILES string of the molecule is Oc1ccc(-n2cccc2[C@H]2[C@H](c3ccccn3)NC(=S)N2Cc2ccccc2)cc1. The second-order valence-electron chi connectivity index (χ2n) is 7.56. The zero-order valence-electron chi connectivity index (χ0n) is 16.8. The van der Waals surface area contributed by atoms with Crippen molar-refractivity contribution in [2.24, 2.45) is 0 Å². The van der Waals surface area contributed by atoms with Crippen LogP contribution < -0.4 is 5.32 Å². The minimum absolute atomic E-state index is 0.0496. The maximum atomic E-state index is 9.71. The summed E-state index contributed by atoms with van der Waals surface area (Å²) in [7, 11) is 0.